The van der Waals surface area contributed by atoms with E-state index in [0.29, 0.717) is 41.0 Å². The molecule has 1 aliphatic rings. The molecule has 184 valence electrons. The summed E-state index contributed by atoms with van der Waals surface area (Å²) in [5.41, 5.74) is 2.09. The number of methoxy groups -OCH3 is 1. The first-order chi connectivity index (χ1) is 17.5. The van der Waals surface area contributed by atoms with Crippen LogP contribution in [0.5, 0.6) is 5.75 Å². The second-order valence-corrected chi connectivity index (χ2v) is 10.2. The van der Waals surface area contributed by atoms with Gasteiger partial charge in [0.15, 0.2) is 0 Å². The predicted molar refractivity (Wildman–Crippen MR) is 139 cm³/mol. The van der Waals surface area contributed by atoms with Crippen LogP contribution >= 0.6 is 23.1 Å². The number of thiazole rings is 1. The van der Waals surface area contributed by atoms with Crippen LogP contribution in [0.25, 0.3) is 21.5 Å². The number of Topliss-reactive ketones (excluding diaryl/α,β-unsaturated/α-hetero) is 1. The highest BCUT2D eigenvalue weighted by Gasteiger charge is 2.31. The number of pyridine rings is 1. The zero-order chi connectivity index (χ0) is 25.2. The third kappa shape index (κ3) is 4.35. The molecule has 0 unspecified atom stereocenters. The molecule has 1 saturated heterocycles. The average Bonchev–Trinajstić information content (AvgIpc) is 3.60. The molecular weight excluding hydrogens is 498 g/mol. The predicted octanol–water partition coefficient (Wildman–Crippen LogP) is 3.58. The van der Waals surface area contributed by atoms with E-state index < -0.39 is 11.7 Å². The van der Waals surface area contributed by atoms with Crippen LogP contribution in [0.1, 0.15) is 20.7 Å². The number of thioether (sulfide) groups is 1. The van der Waals surface area contributed by atoms with Crippen LogP contribution in [0.15, 0.2) is 53.3 Å². The Labute approximate surface area is 215 Å². The molecule has 0 aliphatic carbocycles. The number of fused-ring (bicyclic) bond motifs is 1. The Hall–Kier alpha value is -3.70. The van der Waals surface area contributed by atoms with Crippen molar-refractivity contribution in [1.29, 1.82) is 0 Å². The minimum atomic E-state index is -0.631. The van der Waals surface area contributed by atoms with Gasteiger partial charge in [0.05, 0.1) is 34.7 Å². The van der Waals surface area contributed by atoms with E-state index in [-0.39, 0.29) is 24.6 Å². The second-order valence-electron chi connectivity index (χ2n) is 8.10. The van der Waals surface area contributed by atoms with Gasteiger partial charge < -0.3 is 19.5 Å². The van der Waals surface area contributed by atoms with Crippen molar-refractivity contribution >= 4 is 51.6 Å². The summed E-state index contributed by atoms with van der Waals surface area (Å²) in [5.74, 6) is -0.915. The van der Waals surface area contributed by atoms with Crippen molar-refractivity contribution in [2.45, 2.75) is 4.34 Å². The zero-order valence-corrected chi connectivity index (χ0v) is 21.3. The fourth-order valence-electron chi connectivity index (χ4n) is 4.24. The second kappa shape index (κ2) is 10.1. The maximum atomic E-state index is 13.3. The van der Waals surface area contributed by atoms with E-state index in [1.54, 1.807) is 41.2 Å². The third-order valence-corrected chi connectivity index (χ3v) is 8.10. The van der Waals surface area contributed by atoms with Crippen LogP contribution in [-0.4, -0.2) is 81.9 Å². The van der Waals surface area contributed by atoms with Crippen molar-refractivity contribution in [3.05, 3.63) is 60.0 Å². The molecule has 0 radical (unpaired) electrons. The Morgan fingerprint density at radius 1 is 1.03 bits per heavy atom. The molecule has 1 N–H and O–H groups in total. The Morgan fingerprint density at radius 2 is 1.75 bits per heavy atom. The molecule has 4 aromatic rings. The van der Waals surface area contributed by atoms with Crippen molar-refractivity contribution in [2.24, 2.45) is 0 Å². The summed E-state index contributed by atoms with van der Waals surface area (Å²) < 4.78 is 6.38. The summed E-state index contributed by atoms with van der Waals surface area (Å²) in [6, 6.07) is 9.03. The van der Waals surface area contributed by atoms with Gasteiger partial charge >= 0.3 is 0 Å². The number of aromatic nitrogens is 3. The molecule has 1 aromatic carbocycles. The Bertz CT molecular complexity index is 1440. The number of rotatable bonds is 6. The standard InChI is InChI=1S/C25H23N5O4S2/c1-34-17-13-27-20(18-14-28-25(35-2)36-18)21-19(17)16(12-26-21)22(31)24(33)30-10-8-29(9-11-30)23(32)15-6-4-3-5-7-15/h3-7,12-14,26H,8-11H2,1-2H3. The molecule has 36 heavy (non-hydrogen) atoms. The number of aromatic amines is 1. The van der Waals surface area contributed by atoms with Gasteiger partial charge in [-0.2, -0.15) is 0 Å². The number of nitrogens with zero attached hydrogens (tertiary/aromatic N) is 4. The Balaban J connectivity index is 1.37. The molecular formula is C25H23N5O4S2. The first-order valence-electron chi connectivity index (χ1n) is 11.2. The van der Waals surface area contributed by atoms with E-state index in [1.165, 1.54) is 29.5 Å². The highest BCUT2D eigenvalue weighted by atomic mass is 32.2. The molecule has 4 heterocycles. The summed E-state index contributed by atoms with van der Waals surface area (Å²) in [7, 11) is 1.50. The number of hydrogen-bond acceptors (Lipinski definition) is 8. The maximum absolute atomic E-state index is 13.3. The van der Waals surface area contributed by atoms with Crippen LogP contribution in [0.4, 0.5) is 0 Å². The number of H-pyrrole nitrogens is 1. The first kappa shape index (κ1) is 24.0. The van der Waals surface area contributed by atoms with Crippen molar-refractivity contribution in [3.8, 4) is 16.3 Å². The van der Waals surface area contributed by atoms with Crippen molar-refractivity contribution in [1.82, 2.24) is 24.8 Å². The lowest BCUT2D eigenvalue weighted by Crippen LogP contribution is -2.52. The normalized spacial score (nSPS) is 13.7. The largest absolute Gasteiger partial charge is 0.494 e. The van der Waals surface area contributed by atoms with Gasteiger partial charge in [-0.25, -0.2) is 9.97 Å². The number of ether oxygens (including phenoxy) is 1. The minimum absolute atomic E-state index is 0.0804. The Kier molecular flexibility index (Phi) is 6.75. The van der Waals surface area contributed by atoms with Gasteiger partial charge in [0.25, 0.3) is 17.6 Å². The number of carbonyl (C=O) groups is 3. The van der Waals surface area contributed by atoms with E-state index in [0.717, 1.165) is 9.22 Å². The number of hydrogen-bond donors (Lipinski definition) is 1. The molecule has 3 aromatic heterocycles. The van der Waals surface area contributed by atoms with Gasteiger partial charge in [0, 0.05) is 44.1 Å². The van der Waals surface area contributed by atoms with E-state index in [2.05, 4.69) is 15.0 Å². The van der Waals surface area contributed by atoms with E-state index in [1.807, 2.05) is 24.5 Å². The van der Waals surface area contributed by atoms with E-state index in [4.69, 9.17) is 4.74 Å². The molecule has 11 heteroatoms. The smallest absolute Gasteiger partial charge is 0.295 e. The van der Waals surface area contributed by atoms with Crippen molar-refractivity contribution in [3.63, 3.8) is 0 Å². The summed E-state index contributed by atoms with van der Waals surface area (Å²) in [5, 5.41) is 0.512. The highest BCUT2D eigenvalue weighted by Crippen LogP contribution is 2.37. The minimum Gasteiger partial charge on any atom is -0.494 e. The SMILES string of the molecule is COc1cnc(-c2cnc(SC)s2)c2[nH]cc(C(=O)C(=O)N3CCN(C(=O)c4ccccc4)CC3)c12. The Morgan fingerprint density at radius 3 is 2.42 bits per heavy atom. The third-order valence-electron chi connectivity index (χ3n) is 6.10. The number of ketones is 1. The maximum Gasteiger partial charge on any atom is 0.295 e. The fraction of sp³-hybridized carbons (Fsp3) is 0.240. The summed E-state index contributed by atoms with van der Waals surface area (Å²) in [4.78, 5) is 55.3. The quantitative estimate of drug-likeness (QED) is 0.235. The highest BCUT2D eigenvalue weighted by molar-refractivity contribution is 8.00. The molecule has 5 rings (SSSR count). The van der Waals surface area contributed by atoms with E-state index >= 15 is 0 Å². The van der Waals surface area contributed by atoms with Crippen LogP contribution in [0, 0.1) is 0 Å². The molecule has 2 amide bonds. The number of nitrogens with one attached hydrogen (secondary N) is 1. The van der Waals surface area contributed by atoms with Gasteiger partial charge in [-0.3, -0.25) is 14.4 Å². The van der Waals surface area contributed by atoms with Crippen LogP contribution in [0.2, 0.25) is 0 Å². The molecule has 0 atom stereocenters. The van der Waals surface area contributed by atoms with Gasteiger partial charge in [0.2, 0.25) is 0 Å². The van der Waals surface area contributed by atoms with Crippen LogP contribution in [0.3, 0.4) is 0 Å². The van der Waals surface area contributed by atoms with Gasteiger partial charge in [-0.1, -0.05) is 30.0 Å². The molecule has 0 saturated carbocycles. The molecule has 1 aliphatic heterocycles. The fourth-order valence-corrected chi connectivity index (χ4v) is 5.65. The number of amides is 2. The lowest BCUT2D eigenvalue weighted by molar-refractivity contribution is -0.127. The van der Waals surface area contributed by atoms with Crippen molar-refractivity contribution < 1.29 is 19.1 Å². The molecule has 9 nitrogen and oxygen atoms in total. The van der Waals surface area contributed by atoms with Crippen molar-refractivity contribution in [2.75, 3.05) is 39.5 Å². The lowest BCUT2D eigenvalue weighted by Gasteiger charge is -2.34. The van der Waals surface area contributed by atoms with Crippen LogP contribution in [-0.2, 0) is 4.79 Å². The van der Waals surface area contributed by atoms with E-state index in [9.17, 15) is 14.4 Å². The number of carbonyl (C=O) groups excluding carboxylic acids is 3. The van der Waals surface area contributed by atoms with Gasteiger partial charge in [-0.15, -0.1) is 11.3 Å². The zero-order valence-electron chi connectivity index (χ0n) is 19.7. The lowest BCUT2D eigenvalue weighted by atomic mass is 10.1. The average molecular weight is 522 g/mol. The van der Waals surface area contributed by atoms with Gasteiger partial charge in [0.1, 0.15) is 15.8 Å². The van der Waals surface area contributed by atoms with Crippen LogP contribution < -0.4 is 4.74 Å². The summed E-state index contributed by atoms with van der Waals surface area (Å²) in [6.07, 6.45) is 6.78. The number of benzene rings is 1. The summed E-state index contributed by atoms with van der Waals surface area (Å²) in [6.45, 7) is 1.30. The molecule has 0 spiro atoms. The number of piperazine rings is 1. The summed E-state index contributed by atoms with van der Waals surface area (Å²) >= 11 is 3.04. The molecule has 1 fully saturated rings. The first-order valence-corrected chi connectivity index (χ1v) is 13.3. The topological polar surface area (TPSA) is 108 Å². The monoisotopic (exact) mass is 521 g/mol. The van der Waals surface area contributed by atoms with Gasteiger partial charge in [-0.05, 0) is 18.4 Å². The molecule has 0 bridgehead atoms.